The van der Waals surface area contributed by atoms with Gasteiger partial charge >= 0.3 is 0 Å². The van der Waals surface area contributed by atoms with Gasteiger partial charge in [0.2, 0.25) is 0 Å². The highest BCUT2D eigenvalue weighted by Gasteiger charge is 2.20. The molecule has 390 valence electrons. The van der Waals surface area contributed by atoms with Crippen LogP contribution in [0.1, 0.15) is 0 Å². The minimum Gasteiger partial charge on any atom is -0.256 e. The van der Waals surface area contributed by atoms with E-state index in [4.69, 9.17) is 29.9 Å². The summed E-state index contributed by atoms with van der Waals surface area (Å²) in [5, 5.41) is 13.6. The van der Waals surface area contributed by atoms with E-state index < -0.39 is 0 Å². The maximum atomic E-state index is 5.43. The van der Waals surface area contributed by atoms with E-state index in [1.165, 1.54) is 0 Å². The van der Waals surface area contributed by atoms with E-state index >= 15 is 0 Å². The molecule has 0 bridgehead atoms. The molecule has 0 saturated carbocycles. The fourth-order valence-electron chi connectivity index (χ4n) is 12.2. The molecule has 16 aromatic rings. The third kappa shape index (κ3) is 8.69. The van der Waals surface area contributed by atoms with Crippen LogP contribution in [0.25, 0.3) is 166 Å². The summed E-state index contributed by atoms with van der Waals surface area (Å²) in [6.45, 7) is 0. The molecule has 4 heterocycles. The number of nitrogens with zero attached hydrogens (tertiary/aromatic N) is 6. The van der Waals surface area contributed by atoms with Crippen LogP contribution >= 0.6 is 0 Å². The van der Waals surface area contributed by atoms with Crippen LogP contribution < -0.4 is 0 Å². The Morgan fingerprint density at radius 3 is 0.750 bits per heavy atom. The molecule has 0 spiro atoms. The number of rotatable bonds is 9. The van der Waals surface area contributed by atoms with Crippen LogP contribution in [0.4, 0.5) is 0 Å². The summed E-state index contributed by atoms with van der Waals surface area (Å²) in [5.74, 6) is 1.35. The number of fused-ring (bicyclic) bond motifs is 6. The Morgan fingerprint density at radius 1 is 0.190 bits per heavy atom. The van der Waals surface area contributed by atoms with E-state index in [2.05, 4.69) is 279 Å². The number of hydrogen-bond acceptors (Lipinski definition) is 6. The van der Waals surface area contributed by atoms with Gasteiger partial charge in [-0.15, -0.1) is 0 Å². The minimum atomic E-state index is 0.676. The van der Waals surface area contributed by atoms with Gasteiger partial charge in [-0.05, 0) is 101 Å². The molecule has 0 aliphatic heterocycles. The first kappa shape index (κ1) is 48.6. The number of aromatic nitrogens is 6. The van der Waals surface area contributed by atoms with Gasteiger partial charge in [0.25, 0.3) is 0 Å². The van der Waals surface area contributed by atoms with E-state index in [1.807, 2.05) is 12.4 Å². The van der Waals surface area contributed by atoms with Crippen molar-refractivity contribution in [3.8, 4) is 101 Å². The molecule has 16 rings (SSSR count). The topological polar surface area (TPSA) is 77.3 Å². The van der Waals surface area contributed by atoms with Gasteiger partial charge in [0, 0.05) is 67.7 Å². The lowest BCUT2D eigenvalue weighted by molar-refractivity contribution is 1.19. The van der Waals surface area contributed by atoms with Gasteiger partial charge in [-0.3, -0.25) is 9.97 Å². The minimum absolute atomic E-state index is 0.676. The van der Waals surface area contributed by atoms with Crippen molar-refractivity contribution in [2.24, 2.45) is 0 Å². The molecular formula is C78H48N6. The van der Waals surface area contributed by atoms with Crippen molar-refractivity contribution in [3.05, 3.63) is 291 Å². The molecule has 0 radical (unpaired) electrons. The molecule has 0 amide bonds. The summed E-state index contributed by atoms with van der Waals surface area (Å²) >= 11 is 0. The summed E-state index contributed by atoms with van der Waals surface area (Å²) in [6.07, 6.45) is 3.77. The molecule has 0 aliphatic carbocycles. The SMILES string of the molecule is c1ccc2c(-c3ccc(-c4cc(-c5ccc(-c6ccc(-c7cc(-c8ccc(-c9nccc%10ccccc9%10)cc8)nc(-c8c9ccccc9cc9ccccc89)n7)cc6)cc5)nc(-c5c6ccccc6cc6ccccc56)n4)cc3)nccc2c1. The zero-order valence-electron chi connectivity index (χ0n) is 45.4. The summed E-state index contributed by atoms with van der Waals surface area (Å²) in [7, 11) is 0. The van der Waals surface area contributed by atoms with Crippen LogP contribution in [0.3, 0.4) is 0 Å². The predicted octanol–water partition coefficient (Wildman–Crippen LogP) is 20.0. The third-order valence-corrected chi connectivity index (χ3v) is 16.4. The number of hydrogen-bond donors (Lipinski definition) is 0. The zero-order chi connectivity index (χ0) is 55.5. The fraction of sp³-hybridized carbons (Fsp3) is 0. The van der Waals surface area contributed by atoms with E-state index in [0.717, 1.165) is 154 Å². The van der Waals surface area contributed by atoms with E-state index in [1.54, 1.807) is 0 Å². The number of benzene rings is 12. The fourth-order valence-corrected chi connectivity index (χ4v) is 12.2. The highest BCUT2D eigenvalue weighted by molar-refractivity contribution is 6.13. The molecular weight excluding hydrogens is 1020 g/mol. The van der Waals surface area contributed by atoms with Gasteiger partial charge in [0.1, 0.15) is 0 Å². The smallest absolute Gasteiger partial charge is 0.161 e. The molecule has 0 aliphatic rings. The first-order valence-corrected chi connectivity index (χ1v) is 28.3. The van der Waals surface area contributed by atoms with Crippen LogP contribution in [0, 0.1) is 0 Å². The van der Waals surface area contributed by atoms with E-state index in [0.29, 0.717) is 11.6 Å². The molecule has 84 heavy (non-hydrogen) atoms. The van der Waals surface area contributed by atoms with Crippen molar-refractivity contribution in [3.63, 3.8) is 0 Å². The van der Waals surface area contributed by atoms with Gasteiger partial charge in [0.15, 0.2) is 11.6 Å². The van der Waals surface area contributed by atoms with E-state index in [9.17, 15) is 0 Å². The van der Waals surface area contributed by atoms with Crippen LogP contribution in [-0.4, -0.2) is 29.9 Å². The van der Waals surface area contributed by atoms with Crippen molar-refractivity contribution in [2.75, 3.05) is 0 Å². The van der Waals surface area contributed by atoms with Crippen molar-refractivity contribution in [1.29, 1.82) is 0 Å². The maximum absolute atomic E-state index is 5.43. The quantitative estimate of drug-likeness (QED) is 0.134. The lowest BCUT2D eigenvalue weighted by Crippen LogP contribution is -1.98. The van der Waals surface area contributed by atoms with Crippen molar-refractivity contribution < 1.29 is 0 Å². The average Bonchev–Trinajstić information content (AvgIpc) is 3.52. The maximum Gasteiger partial charge on any atom is 0.161 e. The van der Waals surface area contributed by atoms with E-state index in [-0.39, 0.29) is 0 Å². The Hall–Kier alpha value is -11.3. The predicted molar refractivity (Wildman–Crippen MR) is 347 cm³/mol. The average molecular weight is 1070 g/mol. The lowest BCUT2D eigenvalue weighted by Gasteiger charge is -2.15. The summed E-state index contributed by atoms with van der Waals surface area (Å²) < 4.78 is 0. The zero-order valence-corrected chi connectivity index (χ0v) is 45.4. The van der Waals surface area contributed by atoms with Crippen molar-refractivity contribution in [2.45, 2.75) is 0 Å². The molecule has 0 unspecified atom stereocenters. The molecule has 0 saturated heterocycles. The first-order chi connectivity index (χ1) is 41.6. The molecule has 4 aromatic heterocycles. The molecule has 0 N–H and O–H groups in total. The summed E-state index contributed by atoms with van der Waals surface area (Å²) in [4.78, 5) is 31.3. The summed E-state index contributed by atoms with van der Waals surface area (Å²) in [5.41, 5.74) is 15.5. The van der Waals surface area contributed by atoms with Crippen LogP contribution in [0.5, 0.6) is 0 Å². The van der Waals surface area contributed by atoms with Gasteiger partial charge in [-0.1, -0.05) is 243 Å². The molecule has 0 fully saturated rings. The van der Waals surface area contributed by atoms with Gasteiger partial charge in [-0.25, -0.2) is 19.9 Å². The monoisotopic (exact) mass is 1070 g/mol. The van der Waals surface area contributed by atoms with Crippen LogP contribution in [-0.2, 0) is 0 Å². The number of pyridine rings is 2. The normalized spacial score (nSPS) is 11.6. The molecule has 6 nitrogen and oxygen atoms in total. The third-order valence-electron chi connectivity index (χ3n) is 16.4. The summed E-state index contributed by atoms with van der Waals surface area (Å²) in [6, 6.07) is 98.5. The second-order valence-corrected chi connectivity index (χ2v) is 21.4. The van der Waals surface area contributed by atoms with Crippen LogP contribution in [0.15, 0.2) is 291 Å². The molecule has 6 heteroatoms. The first-order valence-electron chi connectivity index (χ1n) is 28.3. The van der Waals surface area contributed by atoms with Crippen molar-refractivity contribution in [1.82, 2.24) is 29.9 Å². The Bertz CT molecular complexity index is 4780. The molecule has 12 aromatic carbocycles. The largest absolute Gasteiger partial charge is 0.256 e. The Labute approximate surface area is 484 Å². The van der Waals surface area contributed by atoms with Gasteiger partial charge in [0.05, 0.1) is 34.2 Å². The second-order valence-electron chi connectivity index (χ2n) is 21.4. The Kier molecular flexibility index (Phi) is 11.8. The lowest BCUT2D eigenvalue weighted by atomic mass is 9.95. The van der Waals surface area contributed by atoms with Gasteiger partial charge in [-0.2, -0.15) is 0 Å². The standard InChI is InChI=1S/C78H48N6/c1-11-23-67-51(13-1)41-43-79-75(67)57-37-33-55(34-38-57)71-47-69(81-77(83-71)73-63-19-7-3-15-59(63)45-60-16-4-8-20-64(60)73)53-29-25-49(26-30-53)50-27-31-54(32-28-50)70-48-72(56-35-39-58(40-36-56)76-68-24-12-2-14-52(68)42-44-80-76)84-78(82-70)74-65-21-9-5-17-61(65)46-62-18-6-10-22-66(62)74/h1-48H. The van der Waals surface area contributed by atoms with Crippen molar-refractivity contribution >= 4 is 64.6 Å². The van der Waals surface area contributed by atoms with Crippen LogP contribution in [0.2, 0.25) is 0 Å². The van der Waals surface area contributed by atoms with Gasteiger partial charge < -0.3 is 0 Å². The highest BCUT2D eigenvalue weighted by atomic mass is 14.9. The Balaban J connectivity index is 0.774. The molecule has 0 atom stereocenters. The second kappa shape index (κ2) is 20.3. The Morgan fingerprint density at radius 2 is 0.440 bits per heavy atom. The highest BCUT2D eigenvalue weighted by Crippen LogP contribution is 2.41.